The maximum atomic E-state index is 13.4. The van der Waals surface area contributed by atoms with Gasteiger partial charge >= 0.3 is 0 Å². The Morgan fingerprint density at radius 1 is 1.08 bits per heavy atom. The number of rotatable bonds is 6. The number of allylic oxidation sites excluding steroid dienone is 1. The highest BCUT2D eigenvalue weighted by Crippen LogP contribution is 2.37. The number of halogens is 2. The fraction of sp³-hybridized carbons (Fsp3) is 0.207. The third kappa shape index (κ3) is 5.55. The summed E-state index contributed by atoms with van der Waals surface area (Å²) < 4.78 is 7.11. The van der Waals surface area contributed by atoms with E-state index in [1.807, 2.05) is 48.5 Å². The topological polar surface area (TPSA) is 69.0 Å². The van der Waals surface area contributed by atoms with Crippen LogP contribution >= 0.6 is 23.2 Å². The number of nitrogens with one attached hydrogen (secondary N) is 1. The molecule has 0 unspecified atom stereocenters. The summed E-state index contributed by atoms with van der Waals surface area (Å²) in [7, 11) is 1.65. The number of hydrogen-bond acceptors (Lipinski definition) is 4. The zero-order chi connectivity index (χ0) is 25.8. The molecule has 1 N–H and O–H groups in total. The monoisotopic (exact) mass is 532 g/mol. The first-order valence-electron chi connectivity index (χ1n) is 12.1. The van der Waals surface area contributed by atoms with Crippen LogP contribution in [0.5, 0.6) is 5.75 Å². The molecule has 8 heteroatoms. The van der Waals surface area contributed by atoms with Crippen molar-refractivity contribution in [2.75, 3.05) is 7.11 Å². The number of nitrogens with zero attached hydrogens (tertiary/aromatic N) is 3. The molecule has 1 amide bonds. The van der Waals surface area contributed by atoms with Gasteiger partial charge in [0, 0.05) is 16.8 Å². The van der Waals surface area contributed by atoms with E-state index in [0.29, 0.717) is 28.0 Å². The number of fused-ring (bicyclic) bond motifs is 1. The molecule has 188 valence electrons. The molecule has 1 aliphatic carbocycles. The van der Waals surface area contributed by atoms with Gasteiger partial charge in [0.15, 0.2) is 5.69 Å². The summed E-state index contributed by atoms with van der Waals surface area (Å²) in [5.41, 5.74) is 5.82. The average Bonchev–Trinajstić information content (AvgIpc) is 3.16. The molecule has 0 spiro atoms. The van der Waals surface area contributed by atoms with Crippen LogP contribution in [0.4, 0.5) is 0 Å². The van der Waals surface area contributed by atoms with E-state index in [-0.39, 0.29) is 5.91 Å². The lowest BCUT2D eigenvalue weighted by Gasteiger charge is -2.13. The number of amides is 1. The molecule has 37 heavy (non-hydrogen) atoms. The predicted molar refractivity (Wildman–Crippen MR) is 147 cm³/mol. The van der Waals surface area contributed by atoms with E-state index in [1.165, 1.54) is 0 Å². The lowest BCUT2D eigenvalue weighted by Crippen LogP contribution is -2.25. The Morgan fingerprint density at radius 3 is 2.62 bits per heavy atom. The summed E-state index contributed by atoms with van der Waals surface area (Å²) in [4.78, 5) is 17.7. The fourth-order valence-corrected chi connectivity index (χ4v) is 5.05. The first-order valence-corrected chi connectivity index (χ1v) is 12.9. The van der Waals surface area contributed by atoms with Gasteiger partial charge in [-0.3, -0.25) is 9.78 Å². The number of ether oxygens (including phenoxy) is 1. The van der Waals surface area contributed by atoms with Crippen LogP contribution in [-0.4, -0.2) is 27.8 Å². The van der Waals surface area contributed by atoms with Crippen molar-refractivity contribution < 1.29 is 9.53 Å². The van der Waals surface area contributed by atoms with Gasteiger partial charge in [0.2, 0.25) is 0 Å². The summed E-state index contributed by atoms with van der Waals surface area (Å²) in [5.74, 6) is 0.560. The van der Waals surface area contributed by atoms with Crippen LogP contribution in [-0.2, 0) is 13.0 Å². The number of carbonyl (C=O) groups excluding carboxylic acids is 1. The minimum absolute atomic E-state index is 0.239. The second kappa shape index (κ2) is 11.2. The van der Waals surface area contributed by atoms with Crippen molar-refractivity contribution in [3.63, 3.8) is 0 Å². The quantitative estimate of drug-likeness (QED) is 0.278. The molecule has 4 aromatic rings. The van der Waals surface area contributed by atoms with Gasteiger partial charge in [-0.15, -0.1) is 0 Å². The maximum Gasteiger partial charge on any atom is 0.272 e. The summed E-state index contributed by atoms with van der Waals surface area (Å²) >= 11 is 12.8. The molecular formula is C29H26Cl2N4O2. The molecular weight excluding hydrogens is 507 g/mol. The van der Waals surface area contributed by atoms with Gasteiger partial charge in [-0.05, 0) is 85.4 Å². The first kappa shape index (κ1) is 25.1. The van der Waals surface area contributed by atoms with Crippen molar-refractivity contribution in [2.24, 2.45) is 0 Å². The highest BCUT2D eigenvalue weighted by molar-refractivity contribution is 6.35. The molecule has 0 radical (unpaired) electrons. The zero-order valence-corrected chi connectivity index (χ0v) is 21.9. The average molecular weight is 533 g/mol. The molecule has 0 atom stereocenters. The summed E-state index contributed by atoms with van der Waals surface area (Å²) in [6, 6.07) is 18.8. The maximum absolute atomic E-state index is 13.4. The molecule has 0 saturated heterocycles. The number of pyridine rings is 1. The van der Waals surface area contributed by atoms with E-state index in [9.17, 15) is 4.79 Å². The van der Waals surface area contributed by atoms with E-state index in [2.05, 4.69) is 16.4 Å². The highest BCUT2D eigenvalue weighted by atomic mass is 35.5. The van der Waals surface area contributed by atoms with E-state index in [0.717, 1.165) is 59.5 Å². The Kier molecular flexibility index (Phi) is 7.58. The second-order valence-electron chi connectivity index (χ2n) is 8.84. The molecule has 1 aliphatic rings. The van der Waals surface area contributed by atoms with Crippen LogP contribution in [0.25, 0.3) is 17.3 Å². The van der Waals surface area contributed by atoms with Crippen LogP contribution in [0.2, 0.25) is 10.0 Å². The summed E-state index contributed by atoms with van der Waals surface area (Å²) in [5, 5.41) is 8.81. The van der Waals surface area contributed by atoms with Gasteiger partial charge < -0.3 is 10.1 Å². The minimum atomic E-state index is -0.239. The van der Waals surface area contributed by atoms with Gasteiger partial charge in [-0.2, -0.15) is 5.10 Å². The van der Waals surface area contributed by atoms with Crippen LogP contribution in [0.3, 0.4) is 0 Å². The van der Waals surface area contributed by atoms with Crippen molar-refractivity contribution in [1.82, 2.24) is 20.1 Å². The third-order valence-electron chi connectivity index (χ3n) is 6.38. The first-order chi connectivity index (χ1) is 18.0. The minimum Gasteiger partial charge on any atom is -0.497 e. The molecule has 0 fully saturated rings. The lowest BCUT2D eigenvalue weighted by molar-refractivity contribution is 0.0944. The van der Waals surface area contributed by atoms with Gasteiger partial charge in [-0.1, -0.05) is 41.4 Å². The van der Waals surface area contributed by atoms with Crippen LogP contribution in [0.1, 0.15) is 52.3 Å². The van der Waals surface area contributed by atoms with Crippen molar-refractivity contribution in [1.29, 1.82) is 0 Å². The number of hydrogen-bond donors (Lipinski definition) is 1. The Morgan fingerprint density at radius 2 is 1.89 bits per heavy atom. The molecule has 5 rings (SSSR count). The van der Waals surface area contributed by atoms with Crippen molar-refractivity contribution in [2.45, 2.75) is 32.2 Å². The molecule has 0 aliphatic heterocycles. The Bertz CT molecular complexity index is 1450. The lowest BCUT2D eigenvalue weighted by atomic mass is 10.0. The zero-order valence-electron chi connectivity index (χ0n) is 20.4. The van der Waals surface area contributed by atoms with E-state index in [4.69, 9.17) is 33.0 Å². The van der Waals surface area contributed by atoms with Crippen LogP contribution < -0.4 is 10.1 Å². The molecule has 0 saturated carbocycles. The Balaban J connectivity index is 1.61. The third-order valence-corrected chi connectivity index (χ3v) is 6.91. The number of methoxy groups -OCH3 is 1. The van der Waals surface area contributed by atoms with Crippen LogP contribution in [0, 0.1) is 0 Å². The SMILES string of the molecule is COc1ccc(/C=C2\CCCCc3c(C(=O)NCc4ccccn4)nn(-c4ccc(Cl)cc4Cl)c32)cc1. The fourth-order valence-electron chi connectivity index (χ4n) is 4.56. The van der Waals surface area contributed by atoms with Crippen molar-refractivity contribution in [3.8, 4) is 11.4 Å². The Hall–Kier alpha value is -3.61. The van der Waals surface area contributed by atoms with Gasteiger partial charge in [0.1, 0.15) is 5.75 Å². The summed E-state index contributed by atoms with van der Waals surface area (Å²) in [6.07, 6.45) is 7.41. The second-order valence-corrected chi connectivity index (χ2v) is 9.68. The van der Waals surface area contributed by atoms with Gasteiger partial charge in [0.05, 0.1) is 35.8 Å². The van der Waals surface area contributed by atoms with Crippen LogP contribution in [0.15, 0.2) is 66.9 Å². The summed E-state index contributed by atoms with van der Waals surface area (Å²) in [6.45, 7) is 0.317. The van der Waals surface area contributed by atoms with Crippen molar-refractivity contribution >= 4 is 40.8 Å². The van der Waals surface area contributed by atoms with Gasteiger partial charge in [0.25, 0.3) is 5.91 Å². The Labute approximate surface area is 225 Å². The van der Waals surface area contributed by atoms with E-state index < -0.39 is 0 Å². The largest absolute Gasteiger partial charge is 0.497 e. The molecule has 2 aromatic heterocycles. The molecule has 6 nitrogen and oxygen atoms in total. The molecule has 2 aromatic carbocycles. The highest BCUT2D eigenvalue weighted by Gasteiger charge is 2.28. The standard InChI is InChI=1S/C29H26Cl2N4O2/c1-37-23-12-9-19(10-13-23)16-20-6-2-3-8-24-27(29(36)33-18-22-7-4-5-15-32-22)34-35(28(20)24)26-14-11-21(30)17-25(26)31/h4-5,7,9-17H,2-3,6,8,18H2,1H3,(H,33,36)/b20-16+. The number of benzene rings is 2. The number of carbonyl (C=O) groups is 1. The molecule has 2 heterocycles. The normalized spacial score (nSPS) is 14.2. The predicted octanol–water partition coefficient (Wildman–Crippen LogP) is 6.78. The van der Waals surface area contributed by atoms with Crippen molar-refractivity contribution in [3.05, 3.63) is 105 Å². The smallest absolute Gasteiger partial charge is 0.272 e. The molecule has 0 bridgehead atoms. The number of aromatic nitrogens is 3. The van der Waals surface area contributed by atoms with E-state index in [1.54, 1.807) is 30.1 Å². The van der Waals surface area contributed by atoms with Gasteiger partial charge in [-0.25, -0.2) is 4.68 Å². The van der Waals surface area contributed by atoms with E-state index >= 15 is 0 Å².